The Balaban J connectivity index is 2.19. The summed E-state index contributed by atoms with van der Waals surface area (Å²) in [4.78, 5) is 12.4. The fraction of sp³-hybridized carbons (Fsp3) is 0.500. The van der Waals surface area contributed by atoms with Crippen LogP contribution >= 0.6 is 67.8 Å². The number of rotatable bonds is 2. The van der Waals surface area contributed by atoms with Crippen molar-refractivity contribution in [3.05, 3.63) is 22.8 Å². The van der Waals surface area contributed by atoms with Crippen LogP contribution in [0.25, 0.3) is 0 Å². The van der Waals surface area contributed by atoms with Crippen molar-refractivity contribution in [1.82, 2.24) is 0 Å². The Morgan fingerprint density at radius 1 is 1.11 bits per heavy atom. The third-order valence-corrected chi connectivity index (χ3v) is 5.83. The van der Waals surface area contributed by atoms with E-state index in [-0.39, 0.29) is 11.4 Å². The fourth-order valence-corrected chi connectivity index (χ4v) is 6.18. The van der Waals surface area contributed by atoms with Crippen molar-refractivity contribution in [3.8, 4) is 5.75 Å². The molecule has 1 aliphatic rings. The highest BCUT2D eigenvalue weighted by Crippen LogP contribution is 2.38. The van der Waals surface area contributed by atoms with E-state index in [1.165, 1.54) is 6.42 Å². The standard InChI is InChI=1S/C14H15I3O2/c1-14(5-3-2-4-6-14)13(18)19-12-10(16)7-9(15)8-11(12)17/h7-8H,2-6H2,1H3. The number of hydrogen-bond donors (Lipinski definition) is 0. The monoisotopic (exact) mass is 596 g/mol. The van der Waals surface area contributed by atoms with Crippen LogP contribution in [-0.2, 0) is 4.79 Å². The molecular formula is C14H15I3O2. The van der Waals surface area contributed by atoms with Gasteiger partial charge in [0, 0.05) is 3.57 Å². The van der Waals surface area contributed by atoms with E-state index in [1.54, 1.807) is 0 Å². The molecule has 1 aliphatic carbocycles. The Kier molecular flexibility index (Phi) is 5.78. The van der Waals surface area contributed by atoms with Gasteiger partial charge in [0.2, 0.25) is 0 Å². The Hall–Kier alpha value is 0.880. The first-order valence-electron chi connectivity index (χ1n) is 6.29. The number of benzene rings is 1. The lowest BCUT2D eigenvalue weighted by molar-refractivity contribution is -0.146. The molecule has 0 unspecified atom stereocenters. The number of esters is 1. The van der Waals surface area contributed by atoms with Crippen molar-refractivity contribution in [2.45, 2.75) is 39.0 Å². The minimum Gasteiger partial charge on any atom is -0.424 e. The van der Waals surface area contributed by atoms with Gasteiger partial charge in [-0.2, -0.15) is 0 Å². The summed E-state index contributed by atoms with van der Waals surface area (Å²) in [7, 11) is 0. The summed E-state index contributed by atoms with van der Waals surface area (Å²) >= 11 is 6.74. The van der Waals surface area contributed by atoms with Crippen LogP contribution in [0.15, 0.2) is 12.1 Å². The first-order valence-corrected chi connectivity index (χ1v) is 9.53. The Bertz CT molecular complexity index is 470. The van der Waals surface area contributed by atoms with E-state index in [4.69, 9.17) is 4.74 Å². The number of ether oxygens (including phenoxy) is 1. The second-order valence-corrected chi connectivity index (χ2v) is 8.78. The highest BCUT2D eigenvalue weighted by Gasteiger charge is 2.36. The van der Waals surface area contributed by atoms with Gasteiger partial charge in [0.15, 0.2) is 5.75 Å². The Labute approximate surface area is 154 Å². The molecule has 2 rings (SSSR count). The lowest BCUT2D eigenvalue weighted by Crippen LogP contribution is -2.34. The van der Waals surface area contributed by atoms with E-state index < -0.39 is 0 Å². The third-order valence-electron chi connectivity index (χ3n) is 3.61. The topological polar surface area (TPSA) is 26.3 Å². The zero-order chi connectivity index (χ0) is 14.0. The van der Waals surface area contributed by atoms with Gasteiger partial charge in [0.25, 0.3) is 0 Å². The maximum absolute atomic E-state index is 12.4. The molecule has 1 saturated carbocycles. The van der Waals surface area contributed by atoms with Crippen molar-refractivity contribution in [2.24, 2.45) is 5.41 Å². The van der Waals surface area contributed by atoms with Crippen molar-refractivity contribution in [3.63, 3.8) is 0 Å². The quantitative estimate of drug-likeness (QED) is 0.261. The highest BCUT2D eigenvalue weighted by molar-refractivity contribution is 14.1. The van der Waals surface area contributed by atoms with Crippen molar-refractivity contribution in [1.29, 1.82) is 0 Å². The SMILES string of the molecule is CC1(C(=O)Oc2c(I)cc(I)cc2I)CCCCC1. The van der Waals surface area contributed by atoms with Crippen molar-refractivity contribution >= 4 is 73.7 Å². The first kappa shape index (κ1) is 16.3. The van der Waals surface area contributed by atoms with E-state index in [9.17, 15) is 4.79 Å². The molecule has 0 bridgehead atoms. The van der Waals surface area contributed by atoms with Gasteiger partial charge in [-0.3, -0.25) is 4.79 Å². The molecule has 1 aromatic rings. The van der Waals surface area contributed by atoms with Crippen molar-refractivity contribution < 1.29 is 9.53 Å². The largest absolute Gasteiger partial charge is 0.424 e. The zero-order valence-corrected chi connectivity index (χ0v) is 17.1. The summed E-state index contributed by atoms with van der Waals surface area (Å²) in [6.07, 6.45) is 5.40. The first-order chi connectivity index (χ1) is 8.92. The summed E-state index contributed by atoms with van der Waals surface area (Å²) in [5.74, 6) is 0.655. The molecule has 0 saturated heterocycles. The fourth-order valence-electron chi connectivity index (χ4n) is 2.38. The van der Waals surface area contributed by atoms with Gasteiger partial charge >= 0.3 is 5.97 Å². The molecule has 0 amide bonds. The summed E-state index contributed by atoms with van der Waals surface area (Å²) in [5, 5.41) is 0. The lowest BCUT2D eigenvalue weighted by atomic mass is 9.76. The number of carbonyl (C=O) groups excluding carboxylic acids is 1. The van der Waals surface area contributed by atoms with Crippen LogP contribution < -0.4 is 4.74 Å². The second-order valence-electron chi connectivity index (χ2n) is 5.21. The van der Waals surface area contributed by atoms with Gasteiger partial charge in [0.05, 0.1) is 12.6 Å². The average Bonchev–Trinajstić information content (AvgIpc) is 2.34. The minimum absolute atomic E-state index is 0.0655. The molecule has 0 heterocycles. The van der Waals surface area contributed by atoms with E-state index in [2.05, 4.69) is 67.8 Å². The molecule has 0 aliphatic heterocycles. The van der Waals surface area contributed by atoms with Crippen LogP contribution in [0.5, 0.6) is 5.75 Å². The Morgan fingerprint density at radius 3 is 2.16 bits per heavy atom. The molecule has 0 N–H and O–H groups in total. The molecule has 104 valence electrons. The average molecular weight is 596 g/mol. The summed E-state index contributed by atoms with van der Waals surface area (Å²) in [6, 6.07) is 4.07. The van der Waals surface area contributed by atoms with Gasteiger partial charge in [-0.1, -0.05) is 19.3 Å². The van der Waals surface area contributed by atoms with Gasteiger partial charge in [-0.25, -0.2) is 0 Å². The predicted molar refractivity (Wildman–Crippen MR) is 101 cm³/mol. The van der Waals surface area contributed by atoms with E-state index in [0.29, 0.717) is 0 Å². The molecule has 1 fully saturated rings. The second kappa shape index (κ2) is 6.76. The molecule has 0 atom stereocenters. The van der Waals surface area contributed by atoms with Crippen molar-refractivity contribution in [2.75, 3.05) is 0 Å². The Morgan fingerprint density at radius 2 is 1.63 bits per heavy atom. The minimum atomic E-state index is -0.298. The lowest BCUT2D eigenvalue weighted by Gasteiger charge is -2.31. The number of carbonyl (C=O) groups is 1. The van der Waals surface area contributed by atoms with Gasteiger partial charge in [0.1, 0.15) is 0 Å². The van der Waals surface area contributed by atoms with Crippen LogP contribution in [0.3, 0.4) is 0 Å². The summed E-state index contributed by atoms with van der Waals surface area (Å²) in [5.41, 5.74) is -0.298. The maximum Gasteiger partial charge on any atom is 0.317 e. The van der Waals surface area contributed by atoms with E-state index in [1.807, 2.05) is 19.1 Å². The van der Waals surface area contributed by atoms with Crippen LogP contribution in [0.1, 0.15) is 39.0 Å². The van der Waals surface area contributed by atoms with Crippen LogP contribution in [0.4, 0.5) is 0 Å². The van der Waals surface area contributed by atoms with E-state index >= 15 is 0 Å². The number of hydrogen-bond acceptors (Lipinski definition) is 2. The predicted octanol–water partition coefficient (Wildman–Crippen LogP) is 5.38. The van der Waals surface area contributed by atoms with Gasteiger partial charge in [-0.05, 0) is 99.7 Å². The van der Waals surface area contributed by atoms with Gasteiger partial charge in [-0.15, -0.1) is 0 Å². The zero-order valence-electron chi connectivity index (χ0n) is 10.6. The maximum atomic E-state index is 12.4. The highest BCUT2D eigenvalue weighted by atomic mass is 127. The number of halogens is 3. The molecule has 5 heteroatoms. The van der Waals surface area contributed by atoms with E-state index in [0.717, 1.165) is 42.1 Å². The molecule has 0 radical (unpaired) electrons. The third kappa shape index (κ3) is 3.96. The molecular weight excluding hydrogens is 581 g/mol. The molecule has 19 heavy (non-hydrogen) atoms. The molecule has 2 nitrogen and oxygen atoms in total. The van der Waals surface area contributed by atoms with Crippen LogP contribution in [0, 0.1) is 16.1 Å². The van der Waals surface area contributed by atoms with Gasteiger partial charge < -0.3 is 4.74 Å². The van der Waals surface area contributed by atoms with Crippen LogP contribution in [0.2, 0.25) is 0 Å². The molecule has 0 aromatic heterocycles. The smallest absolute Gasteiger partial charge is 0.317 e. The van der Waals surface area contributed by atoms with Crippen LogP contribution in [-0.4, -0.2) is 5.97 Å². The molecule has 1 aromatic carbocycles. The summed E-state index contributed by atoms with van der Waals surface area (Å²) in [6.45, 7) is 2.04. The normalized spacial score (nSPS) is 18.1. The molecule has 0 spiro atoms. The summed E-state index contributed by atoms with van der Waals surface area (Å²) < 4.78 is 8.88.